The minimum Gasteiger partial charge on any atom is -0.768 e. The zero-order valence-corrected chi connectivity index (χ0v) is 10.3. The number of halogens is 3. The normalized spacial score (nSPS) is 13.3. The van der Waals surface area contributed by atoms with E-state index in [0.29, 0.717) is 5.56 Å². The van der Waals surface area contributed by atoms with Crippen molar-refractivity contribution in [2.24, 2.45) is 0 Å². The van der Waals surface area contributed by atoms with Gasteiger partial charge in [0.15, 0.2) is 0 Å². The molecule has 0 N–H and O–H groups in total. The fourth-order valence-electron chi connectivity index (χ4n) is 1.69. The van der Waals surface area contributed by atoms with Crippen molar-refractivity contribution in [3.8, 4) is 11.1 Å². The van der Waals surface area contributed by atoms with Crippen LogP contribution in [0.15, 0.2) is 53.4 Å². The first-order chi connectivity index (χ1) is 8.89. The summed E-state index contributed by atoms with van der Waals surface area (Å²) in [6.45, 7) is 0. The third-order valence-corrected chi connectivity index (χ3v) is 3.29. The highest BCUT2D eigenvalue weighted by Crippen LogP contribution is 2.34. The zero-order chi connectivity index (χ0) is 14.0. The first kappa shape index (κ1) is 13.8. The topological polar surface area (TPSA) is 40.1 Å². The summed E-state index contributed by atoms with van der Waals surface area (Å²) in [5.41, 5.74) is -0.405. The predicted molar refractivity (Wildman–Crippen MR) is 64.1 cm³/mol. The van der Waals surface area contributed by atoms with Crippen LogP contribution in [-0.2, 0) is 17.3 Å². The molecule has 0 radical (unpaired) electrons. The molecule has 1 unspecified atom stereocenters. The van der Waals surface area contributed by atoms with Crippen LogP contribution >= 0.6 is 0 Å². The van der Waals surface area contributed by atoms with Crippen LogP contribution in [0.4, 0.5) is 13.2 Å². The molecule has 0 spiro atoms. The fraction of sp³-hybridized carbons (Fsp3) is 0.0769. The van der Waals surface area contributed by atoms with Gasteiger partial charge in [-0.25, -0.2) is 0 Å². The fourth-order valence-corrected chi connectivity index (χ4v) is 2.23. The number of hydrogen-bond acceptors (Lipinski definition) is 2. The Hall–Kier alpha value is -1.66. The van der Waals surface area contributed by atoms with Crippen LogP contribution in [0.25, 0.3) is 11.1 Å². The third-order valence-electron chi connectivity index (χ3n) is 2.57. The highest BCUT2D eigenvalue weighted by molar-refractivity contribution is 7.79. The van der Waals surface area contributed by atoms with Crippen LogP contribution < -0.4 is 0 Å². The van der Waals surface area contributed by atoms with E-state index in [1.54, 1.807) is 30.3 Å². The molecule has 19 heavy (non-hydrogen) atoms. The van der Waals surface area contributed by atoms with Crippen molar-refractivity contribution in [1.29, 1.82) is 0 Å². The Bertz CT molecular complexity index is 609. The average molecular weight is 285 g/mol. The molecule has 0 heterocycles. The second-order valence-corrected chi connectivity index (χ2v) is 4.72. The number of benzene rings is 2. The summed E-state index contributed by atoms with van der Waals surface area (Å²) in [7, 11) is 0. The SMILES string of the molecule is O=S([O-])c1ccc(C(F)(F)F)cc1-c1ccccc1. The van der Waals surface area contributed by atoms with Gasteiger partial charge in [0.2, 0.25) is 0 Å². The number of rotatable bonds is 2. The number of hydrogen-bond donors (Lipinski definition) is 0. The van der Waals surface area contributed by atoms with Gasteiger partial charge in [0.05, 0.1) is 5.56 Å². The molecule has 2 nitrogen and oxygen atoms in total. The largest absolute Gasteiger partial charge is 0.768 e. The van der Waals surface area contributed by atoms with Gasteiger partial charge in [0, 0.05) is 4.90 Å². The first-order valence-corrected chi connectivity index (χ1v) is 6.33. The van der Waals surface area contributed by atoms with E-state index in [9.17, 15) is 21.9 Å². The maximum Gasteiger partial charge on any atom is 0.416 e. The van der Waals surface area contributed by atoms with Crippen molar-refractivity contribution in [2.75, 3.05) is 0 Å². The smallest absolute Gasteiger partial charge is 0.416 e. The molecule has 0 aliphatic carbocycles. The monoisotopic (exact) mass is 285 g/mol. The highest BCUT2D eigenvalue weighted by atomic mass is 32.2. The van der Waals surface area contributed by atoms with Crippen molar-refractivity contribution in [3.63, 3.8) is 0 Å². The van der Waals surface area contributed by atoms with Crippen LogP contribution in [0.3, 0.4) is 0 Å². The second kappa shape index (κ2) is 5.14. The van der Waals surface area contributed by atoms with E-state index in [1.807, 2.05) is 0 Å². The lowest BCUT2D eigenvalue weighted by atomic mass is 10.0. The summed E-state index contributed by atoms with van der Waals surface area (Å²) < 4.78 is 60.1. The Labute approximate surface area is 110 Å². The Balaban J connectivity index is 2.65. The lowest BCUT2D eigenvalue weighted by Crippen LogP contribution is -2.06. The van der Waals surface area contributed by atoms with Crippen molar-refractivity contribution >= 4 is 11.1 Å². The van der Waals surface area contributed by atoms with Crippen LogP contribution in [0, 0.1) is 0 Å². The maximum absolute atomic E-state index is 12.7. The zero-order valence-electron chi connectivity index (χ0n) is 9.48. The Kier molecular flexibility index (Phi) is 3.73. The molecule has 0 aliphatic heterocycles. The van der Waals surface area contributed by atoms with Crippen molar-refractivity contribution < 1.29 is 21.9 Å². The van der Waals surface area contributed by atoms with Gasteiger partial charge >= 0.3 is 6.18 Å². The van der Waals surface area contributed by atoms with E-state index >= 15 is 0 Å². The summed E-state index contributed by atoms with van der Waals surface area (Å²) in [6, 6.07) is 10.7. The molecule has 0 bridgehead atoms. The minimum atomic E-state index is -4.51. The summed E-state index contributed by atoms with van der Waals surface area (Å²) in [5, 5.41) is 0. The van der Waals surface area contributed by atoms with Crippen molar-refractivity contribution in [3.05, 3.63) is 54.1 Å². The average Bonchev–Trinajstić information content (AvgIpc) is 2.38. The van der Waals surface area contributed by atoms with Gasteiger partial charge in [-0.1, -0.05) is 30.3 Å². The molecule has 0 aliphatic rings. The Morgan fingerprint density at radius 2 is 1.63 bits per heavy atom. The van der Waals surface area contributed by atoms with Gasteiger partial charge in [-0.2, -0.15) is 13.2 Å². The number of alkyl halides is 3. The molecular weight excluding hydrogens is 277 g/mol. The molecule has 0 fully saturated rings. The summed E-state index contributed by atoms with van der Waals surface area (Å²) in [6.07, 6.45) is -4.51. The standard InChI is InChI=1S/C13H9F3O2S/c14-13(15,16)10-6-7-12(19(17)18)11(8-10)9-4-2-1-3-5-9/h1-8H,(H,17,18)/p-1. The predicted octanol–water partition coefficient (Wildman–Crippen LogP) is 3.61. The van der Waals surface area contributed by atoms with Gasteiger partial charge < -0.3 is 4.55 Å². The van der Waals surface area contributed by atoms with Crippen LogP contribution in [-0.4, -0.2) is 8.76 Å². The van der Waals surface area contributed by atoms with Gasteiger partial charge in [-0.15, -0.1) is 0 Å². The van der Waals surface area contributed by atoms with Gasteiger partial charge in [0.1, 0.15) is 0 Å². The van der Waals surface area contributed by atoms with E-state index in [0.717, 1.165) is 18.2 Å². The minimum absolute atomic E-state index is 0.0451. The lowest BCUT2D eigenvalue weighted by molar-refractivity contribution is -0.137. The van der Waals surface area contributed by atoms with E-state index < -0.39 is 22.8 Å². The van der Waals surface area contributed by atoms with Gasteiger partial charge in [-0.05, 0) is 40.4 Å². The molecule has 0 saturated carbocycles. The van der Waals surface area contributed by atoms with E-state index in [2.05, 4.69) is 0 Å². The molecule has 100 valence electrons. The molecule has 0 amide bonds. The van der Waals surface area contributed by atoms with E-state index in [1.165, 1.54) is 0 Å². The quantitative estimate of drug-likeness (QED) is 0.791. The Morgan fingerprint density at radius 3 is 2.16 bits per heavy atom. The first-order valence-electron chi connectivity index (χ1n) is 5.25. The maximum atomic E-state index is 12.7. The molecule has 2 aromatic rings. The molecule has 2 aromatic carbocycles. The second-order valence-electron chi connectivity index (χ2n) is 3.81. The summed E-state index contributed by atoms with van der Waals surface area (Å²) >= 11 is -2.59. The van der Waals surface area contributed by atoms with Crippen molar-refractivity contribution in [2.45, 2.75) is 11.1 Å². The molecule has 0 saturated heterocycles. The third kappa shape index (κ3) is 3.02. The lowest BCUT2D eigenvalue weighted by Gasteiger charge is -2.15. The van der Waals surface area contributed by atoms with Crippen molar-refractivity contribution in [1.82, 2.24) is 0 Å². The van der Waals surface area contributed by atoms with E-state index in [4.69, 9.17) is 0 Å². The molecule has 0 aromatic heterocycles. The molecule has 1 atom stereocenters. The van der Waals surface area contributed by atoms with E-state index in [-0.39, 0.29) is 10.5 Å². The van der Waals surface area contributed by atoms with Gasteiger partial charge in [0.25, 0.3) is 0 Å². The highest BCUT2D eigenvalue weighted by Gasteiger charge is 2.31. The van der Waals surface area contributed by atoms with Gasteiger partial charge in [-0.3, -0.25) is 4.21 Å². The van der Waals surface area contributed by atoms with Crippen LogP contribution in [0.1, 0.15) is 5.56 Å². The molecule has 6 heteroatoms. The van der Waals surface area contributed by atoms with Crippen LogP contribution in [0.5, 0.6) is 0 Å². The Morgan fingerprint density at radius 1 is 1.00 bits per heavy atom. The summed E-state index contributed by atoms with van der Waals surface area (Å²) in [5.74, 6) is 0. The summed E-state index contributed by atoms with van der Waals surface area (Å²) in [4.78, 5) is -0.154. The van der Waals surface area contributed by atoms with Crippen LogP contribution in [0.2, 0.25) is 0 Å². The molecule has 2 rings (SSSR count). The molecular formula is C13H8F3O2S-.